The minimum Gasteiger partial charge on any atom is -0.314 e. The molecule has 20 heavy (non-hydrogen) atoms. The Morgan fingerprint density at radius 1 is 1.25 bits per heavy atom. The van der Waals surface area contributed by atoms with Gasteiger partial charge in [0, 0.05) is 18.3 Å². The van der Waals surface area contributed by atoms with E-state index in [1.807, 2.05) is 0 Å². The van der Waals surface area contributed by atoms with E-state index in [0.717, 1.165) is 24.3 Å². The Morgan fingerprint density at radius 2 is 2.00 bits per heavy atom. The molecule has 0 spiro atoms. The summed E-state index contributed by atoms with van der Waals surface area (Å²) >= 11 is 0. The molecule has 112 valence electrons. The normalized spacial score (nSPS) is 21.8. The van der Waals surface area contributed by atoms with Gasteiger partial charge in [0.15, 0.2) is 0 Å². The van der Waals surface area contributed by atoms with Crippen LogP contribution in [0.1, 0.15) is 64.1 Å². The third kappa shape index (κ3) is 3.63. The highest BCUT2D eigenvalue weighted by Crippen LogP contribution is 2.33. The highest BCUT2D eigenvalue weighted by Gasteiger charge is 2.28. The minimum atomic E-state index is 0.471. The molecule has 3 rings (SSSR count). The largest absolute Gasteiger partial charge is 0.314 e. The summed E-state index contributed by atoms with van der Waals surface area (Å²) in [6, 6.07) is 3.52. The van der Waals surface area contributed by atoms with Crippen molar-refractivity contribution in [2.24, 2.45) is 11.8 Å². The molecule has 0 saturated heterocycles. The van der Waals surface area contributed by atoms with Gasteiger partial charge in [0.25, 0.3) is 0 Å². The lowest BCUT2D eigenvalue weighted by Crippen LogP contribution is -2.30. The highest BCUT2D eigenvalue weighted by atomic mass is 15.3. The Kier molecular flexibility index (Phi) is 4.45. The molecular weight excluding hydrogens is 246 g/mol. The van der Waals surface area contributed by atoms with Crippen LogP contribution in [0.4, 0.5) is 0 Å². The second kappa shape index (κ2) is 6.30. The Labute approximate surface area is 123 Å². The molecule has 2 aliphatic carbocycles. The van der Waals surface area contributed by atoms with Crippen LogP contribution in [0, 0.1) is 11.8 Å². The average molecular weight is 275 g/mol. The van der Waals surface area contributed by atoms with Crippen LogP contribution in [-0.4, -0.2) is 22.4 Å². The van der Waals surface area contributed by atoms with E-state index in [-0.39, 0.29) is 0 Å². The van der Waals surface area contributed by atoms with Crippen LogP contribution in [0.15, 0.2) is 12.3 Å². The molecule has 1 unspecified atom stereocenters. The first-order chi connectivity index (χ1) is 9.72. The quantitative estimate of drug-likeness (QED) is 0.824. The molecule has 1 atom stereocenters. The smallest absolute Gasteiger partial charge is 0.0628 e. The summed E-state index contributed by atoms with van der Waals surface area (Å²) < 4.78 is 2.09. The van der Waals surface area contributed by atoms with E-state index in [1.165, 1.54) is 50.8 Å². The maximum Gasteiger partial charge on any atom is 0.0628 e. The fourth-order valence-corrected chi connectivity index (χ4v) is 3.48. The third-order valence-corrected chi connectivity index (χ3v) is 4.98. The van der Waals surface area contributed by atoms with E-state index in [1.54, 1.807) is 0 Å². The summed E-state index contributed by atoms with van der Waals surface area (Å²) in [5, 5.41) is 8.50. The van der Waals surface area contributed by atoms with Crippen molar-refractivity contribution in [3.63, 3.8) is 0 Å². The van der Waals surface area contributed by atoms with Crippen LogP contribution in [0.25, 0.3) is 0 Å². The second-order valence-corrected chi connectivity index (χ2v) is 7.07. The zero-order valence-corrected chi connectivity index (χ0v) is 13.0. The van der Waals surface area contributed by atoms with E-state index in [2.05, 4.69) is 36.1 Å². The van der Waals surface area contributed by atoms with E-state index in [4.69, 9.17) is 5.10 Å². The molecule has 0 bridgehead atoms. The molecule has 1 aromatic heterocycles. The van der Waals surface area contributed by atoms with Gasteiger partial charge in [-0.3, -0.25) is 4.68 Å². The Balaban J connectivity index is 1.60. The zero-order valence-electron chi connectivity index (χ0n) is 13.0. The minimum absolute atomic E-state index is 0.471. The molecule has 0 radical (unpaired) electrons. The van der Waals surface area contributed by atoms with Gasteiger partial charge >= 0.3 is 0 Å². The van der Waals surface area contributed by atoms with Crippen molar-refractivity contribution in [3.8, 4) is 0 Å². The van der Waals surface area contributed by atoms with Gasteiger partial charge in [-0.05, 0) is 57.6 Å². The molecule has 0 amide bonds. The molecule has 3 nitrogen and oxygen atoms in total. The number of hydrogen-bond donors (Lipinski definition) is 1. The van der Waals surface area contributed by atoms with E-state index >= 15 is 0 Å². The van der Waals surface area contributed by atoms with Gasteiger partial charge < -0.3 is 5.32 Å². The van der Waals surface area contributed by atoms with Crippen LogP contribution >= 0.6 is 0 Å². The highest BCUT2D eigenvalue weighted by molar-refractivity contribution is 5.02. The molecule has 1 aromatic rings. The monoisotopic (exact) mass is 275 g/mol. The van der Waals surface area contributed by atoms with Gasteiger partial charge in [0.1, 0.15) is 0 Å². The number of nitrogens with zero attached hydrogens (tertiary/aromatic N) is 2. The lowest BCUT2D eigenvalue weighted by atomic mass is 9.87. The van der Waals surface area contributed by atoms with Crippen molar-refractivity contribution in [2.45, 2.75) is 70.9 Å². The van der Waals surface area contributed by atoms with Gasteiger partial charge in [-0.25, -0.2) is 0 Å². The molecule has 2 saturated carbocycles. The van der Waals surface area contributed by atoms with E-state index < -0.39 is 0 Å². The van der Waals surface area contributed by atoms with Gasteiger partial charge in [0.05, 0.1) is 5.69 Å². The van der Waals surface area contributed by atoms with Crippen molar-refractivity contribution >= 4 is 0 Å². The van der Waals surface area contributed by atoms with Crippen molar-refractivity contribution in [3.05, 3.63) is 18.0 Å². The molecule has 0 aliphatic heterocycles. The van der Waals surface area contributed by atoms with Gasteiger partial charge in [0.2, 0.25) is 0 Å². The van der Waals surface area contributed by atoms with Crippen LogP contribution in [0.2, 0.25) is 0 Å². The zero-order chi connectivity index (χ0) is 13.9. The predicted octanol–water partition coefficient (Wildman–Crippen LogP) is 3.56. The summed E-state index contributed by atoms with van der Waals surface area (Å²) in [5.41, 5.74) is 1.29. The number of nitrogens with one attached hydrogen (secondary N) is 1. The maximum atomic E-state index is 4.75. The molecule has 2 fully saturated rings. The topological polar surface area (TPSA) is 29.9 Å². The second-order valence-electron chi connectivity index (χ2n) is 7.07. The van der Waals surface area contributed by atoms with Crippen molar-refractivity contribution in [2.75, 3.05) is 6.54 Å². The number of aromatic nitrogens is 2. The summed E-state index contributed by atoms with van der Waals surface area (Å²) in [4.78, 5) is 0. The third-order valence-electron chi connectivity index (χ3n) is 4.98. The Hall–Kier alpha value is -0.830. The lowest BCUT2D eigenvalue weighted by Gasteiger charge is -2.23. The molecule has 3 heteroatoms. The SMILES string of the molecule is CC(C)n1ccc(CC(CNC2CC2)C2CCCC2)n1. The Bertz CT molecular complexity index is 414. The van der Waals surface area contributed by atoms with Gasteiger partial charge in [-0.1, -0.05) is 25.7 Å². The van der Waals surface area contributed by atoms with Crippen LogP contribution in [-0.2, 0) is 6.42 Å². The van der Waals surface area contributed by atoms with Crippen LogP contribution in [0.3, 0.4) is 0 Å². The summed E-state index contributed by atoms with van der Waals surface area (Å²) in [7, 11) is 0. The molecule has 1 N–H and O–H groups in total. The van der Waals surface area contributed by atoms with E-state index in [9.17, 15) is 0 Å². The standard InChI is InChI=1S/C17H29N3/c1-13(2)20-10-9-17(19-20)11-15(12-18-16-7-8-16)14-5-3-4-6-14/h9-10,13-16,18H,3-8,11-12H2,1-2H3. The van der Waals surface area contributed by atoms with Crippen molar-refractivity contribution < 1.29 is 0 Å². The van der Waals surface area contributed by atoms with Crippen molar-refractivity contribution in [1.82, 2.24) is 15.1 Å². The summed E-state index contributed by atoms with van der Waals surface area (Å²) in [6.45, 7) is 5.59. The summed E-state index contributed by atoms with van der Waals surface area (Å²) in [6.07, 6.45) is 11.8. The van der Waals surface area contributed by atoms with Gasteiger partial charge in [-0.2, -0.15) is 5.10 Å². The van der Waals surface area contributed by atoms with Crippen LogP contribution < -0.4 is 5.32 Å². The maximum absolute atomic E-state index is 4.75. The number of hydrogen-bond acceptors (Lipinski definition) is 2. The molecular formula is C17H29N3. The molecule has 2 aliphatic rings. The fraction of sp³-hybridized carbons (Fsp3) is 0.824. The Morgan fingerprint density at radius 3 is 2.60 bits per heavy atom. The first kappa shape index (κ1) is 14.1. The van der Waals surface area contributed by atoms with Crippen LogP contribution in [0.5, 0.6) is 0 Å². The summed E-state index contributed by atoms with van der Waals surface area (Å²) in [5.74, 6) is 1.71. The first-order valence-electron chi connectivity index (χ1n) is 8.50. The number of rotatable bonds is 7. The fourth-order valence-electron chi connectivity index (χ4n) is 3.48. The molecule has 1 heterocycles. The lowest BCUT2D eigenvalue weighted by molar-refractivity contribution is 0.316. The first-order valence-corrected chi connectivity index (χ1v) is 8.50. The average Bonchev–Trinajstić information content (AvgIpc) is 2.93. The van der Waals surface area contributed by atoms with Gasteiger partial charge in [-0.15, -0.1) is 0 Å². The predicted molar refractivity (Wildman–Crippen MR) is 82.8 cm³/mol. The molecule has 0 aromatic carbocycles. The van der Waals surface area contributed by atoms with E-state index in [0.29, 0.717) is 6.04 Å². The van der Waals surface area contributed by atoms with Crippen molar-refractivity contribution in [1.29, 1.82) is 0 Å².